The van der Waals surface area contributed by atoms with Crippen LogP contribution in [0.3, 0.4) is 0 Å². The summed E-state index contributed by atoms with van der Waals surface area (Å²) in [4.78, 5) is 0. The van der Waals surface area contributed by atoms with Crippen molar-refractivity contribution in [2.24, 2.45) is 0 Å². The molecule has 0 N–H and O–H groups in total. The van der Waals surface area contributed by atoms with Crippen molar-refractivity contribution in [3.63, 3.8) is 0 Å². The van der Waals surface area contributed by atoms with Gasteiger partial charge in [0.2, 0.25) is 0 Å². The average molecular weight is 416 g/mol. The van der Waals surface area contributed by atoms with Crippen LogP contribution in [0.5, 0.6) is 0 Å². The highest BCUT2D eigenvalue weighted by atomic mass is 79.9. The summed E-state index contributed by atoms with van der Waals surface area (Å²) in [6.45, 7) is 0.915. The lowest BCUT2D eigenvalue weighted by atomic mass is 10.0. The van der Waals surface area contributed by atoms with Gasteiger partial charge in [0.15, 0.2) is 0 Å². The fourth-order valence-corrected chi connectivity index (χ4v) is 6.16. The predicted molar refractivity (Wildman–Crippen MR) is 94.4 cm³/mol. The maximum Gasteiger partial charge on any atom is 0.252 e. The van der Waals surface area contributed by atoms with Crippen molar-refractivity contribution >= 4 is 43.4 Å². The molecule has 2 aromatic rings. The fourth-order valence-electron chi connectivity index (χ4n) is 2.55. The molecule has 2 heterocycles. The first-order valence-electron chi connectivity index (χ1n) is 7.16. The number of benzene rings is 1. The molecule has 0 aliphatic carbocycles. The third-order valence-electron chi connectivity index (χ3n) is 3.73. The van der Waals surface area contributed by atoms with Crippen LogP contribution in [0, 0.1) is 5.82 Å². The van der Waals surface area contributed by atoms with E-state index in [1.54, 1.807) is 18.2 Å². The molecule has 1 fully saturated rings. The standard InChI is InChI=1S/C16H15BrFNO2S2/c17-15-4-5-16(22-15)23(20,21)19-8-6-12(7-9-19)10-13-2-1-3-14(18)11-13/h1-5,10-11H,6-9H2. The van der Waals surface area contributed by atoms with Gasteiger partial charge in [-0.05, 0) is 58.6 Å². The van der Waals surface area contributed by atoms with Gasteiger partial charge in [-0.2, -0.15) is 4.31 Å². The van der Waals surface area contributed by atoms with Crippen LogP contribution in [0.15, 0.2) is 50.0 Å². The first kappa shape index (κ1) is 16.8. The van der Waals surface area contributed by atoms with Gasteiger partial charge in [-0.25, -0.2) is 12.8 Å². The first-order valence-corrected chi connectivity index (χ1v) is 10.2. The molecule has 3 nitrogen and oxygen atoms in total. The van der Waals surface area contributed by atoms with Gasteiger partial charge < -0.3 is 0 Å². The minimum absolute atomic E-state index is 0.261. The quantitative estimate of drug-likeness (QED) is 0.738. The molecular weight excluding hydrogens is 401 g/mol. The molecule has 0 saturated carbocycles. The van der Waals surface area contributed by atoms with E-state index in [0.717, 1.165) is 14.9 Å². The minimum Gasteiger partial charge on any atom is -0.207 e. The van der Waals surface area contributed by atoms with Gasteiger partial charge >= 0.3 is 0 Å². The zero-order valence-corrected chi connectivity index (χ0v) is 15.4. The van der Waals surface area contributed by atoms with Crippen LogP contribution in [0.4, 0.5) is 4.39 Å². The third-order valence-corrected chi connectivity index (χ3v) is 7.72. The molecule has 3 rings (SSSR count). The Morgan fingerprint density at radius 3 is 2.52 bits per heavy atom. The smallest absolute Gasteiger partial charge is 0.207 e. The van der Waals surface area contributed by atoms with Crippen LogP contribution < -0.4 is 0 Å². The van der Waals surface area contributed by atoms with Crippen molar-refractivity contribution in [1.82, 2.24) is 4.31 Å². The molecule has 7 heteroatoms. The minimum atomic E-state index is -3.41. The van der Waals surface area contributed by atoms with E-state index in [1.807, 2.05) is 12.1 Å². The number of nitrogens with zero attached hydrogens (tertiary/aromatic N) is 1. The largest absolute Gasteiger partial charge is 0.252 e. The predicted octanol–water partition coefficient (Wildman–Crippen LogP) is 4.52. The molecule has 1 aliphatic rings. The van der Waals surface area contributed by atoms with Gasteiger partial charge in [0.05, 0.1) is 3.79 Å². The SMILES string of the molecule is O=S(=O)(c1ccc(Br)s1)N1CCC(=Cc2cccc(F)c2)CC1. The van der Waals surface area contributed by atoms with Crippen molar-refractivity contribution in [2.75, 3.05) is 13.1 Å². The van der Waals surface area contributed by atoms with Crippen LogP contribution in [0.25, 0.3) is 6.08 Å². The Hall–Kier alpha value is -1.02. The summed E-state index contributed by atoms with van der Waals surface area (Å²) in [7, 11) is -3.41. The van der Waals surface area contributed by atoms with E-state index in [-0.39, 0.29) is 5.82 Å². The number of thiophene rings is 1. The highest BCUT2D eigenvalue weighted by Gasteiger charge is 2.28. The van der Waals surface area contributed by atoms with E-state index in [2.05, 4.69) is 15.9 Å². The maximum atomic E-state index is 13.2. The summed E-state index contributed by atoms with van der Waals surface area (Å²) in [5.41, 5.74) is 1.97. The molecule has 0 spiro atoms. The second-order valence-electron chi connectivity index (χ2n) is 5.32. The lowest BCUT2D eigenvalue weighted by Crippen LogP contribution is -2.35. The van der Waals surface area contributed by atoms with E-state index in [0.29, 0.717) is 30.1 Å². The summed E-state index contributed by atoms with van der Waals surface area (Å²) in [6.07, 6.45) is 3.29. The van der Waals surface area contributed by atoms with Crippen LogP contribution in [0.2, 0.25) is 0 Å². The van der Waals surface area contributed by atoms with Crippen molar-refractivity contribution in [2.45, 2.75) is 17.1 Å². The van der Waals surface area contributed by atoms with E-state index >= 15 is 0 Å². The summed E-state index contributed by atoms with van der Waals surface area (Å²) in [5, 5.41) is 0. The molecule has 1 aromatic heterocycles. The highest BCUT2D eigenvalue weighted by molar-refractivity contribution is 9.11. The summed E-state index contributed by atoms with van der Waals surface area (Å²) in [6, 6.07) is 9.80. The monoisotopic (exact) mass is 415 g/mol. The number of hydrogen-bond donors (Lipinski definition) is 0. The molecule has 0 radical (unpaired) electrons. The molecule has 1 saturated heterocycles. The van der Waals surface area contributed by atoms with Crippen molar-refractivity contribution in [3.05, 3.63) is 57.1 Å². The Morgan fingerprint density at radius 1 is 1.17 bits per heavy atom. The summed E-state index contributed by atoms with van der Waals surface area (Å²) in [5.74, 6) is -0.261. The lowest BCUT2D eigenvalue weighted by Gasteiger charge is -2.27. The topological polar surface area (TPSA) is 37.4 Å². The van der Waals surface area contributed by atoms with Crippen LogP contribution >= 0.6 is 27.3 Å². The van der Waals surface area contributed by atoms with Crippen molar-refractivity contribution < 1.29 is 12.8 Å². The first-order chi connectivity index (χ1) is 10.9. The van der Waals surface area contributed by atoms with E-state index < -0.39 is 10.0 Å². The van der Waals surface area contributed by atoms with Crippen LogP contribution in [-0.2, 0) is 10.0 Å². The Morgan fingerprint density at radius 2 is 1.91 bits per heavy atom. The number of rotatable bonds is 3. The normalized spacial score (nSPS) is 16.5. The third kappa shape index (κ3) is 3.91. The molecular formula is C16H15BrFNO2S2. The van der Waals surface area contributed by atoms with Gasteiger partial charge in [0, 0.05) is 13.1 Å². The second-order valence-corrected chi connectivity index (χ2v) is 9.95. The lowest BCUT2D eigenvalue weighted by molar-refractivity contribution is 0.389. The number of halogens is 2. The van der Waals surface area contributed by atoms with Crippen molar-refractivity contribution in [1.29, 1.82) is 0 Å². The zero-order valence-electron chi connectivity index (χ0n) is 12.2. The molecule has 0 amide bonds. The van der Waals surface area contributed by atoms with Gasteiger partial charge in [-0.3, -0.25) is 0 Å². The van der Waals surface area contributed by atoms with Gasteiger partial charge in [-0.1, -0.05) is 23.8 Å². The van der Waals surface area contributed by atoms with Crippen LogP contribution in [-0.4, -0.2) is 25.8 Å². The highest BCUT2D eigenvalue weighted by Crippen LogP contribution is 2.31. The average Bonchev–Trinajstić information content (AvgIpc) is 2.95. The van der Waals surface area contributed by atoms with Crippen LogP contribution in [0.1, 0.15) is 18.4 Å². The molecule has 1 aromatic carbocycles. The van der Waals surface area contributed by atoms with Crippen molar-refractivity contribution in [3.8, 4) is 0 Å². The Labute approximate surface area is 147 Å². The summed E-state index contributed by atoms with van der Waals surface area (Å²) < 4.78 is 41.0. The Kier molecular flexibility index (Phi) is 5.01. The number of piperidine rings is 1. The molecule has 0 bridgehead atoms. The Bertz CT molecular complexity index is 835. The molecule has 23 heavy (non-hydrogen) atoms. The van der Waals surface area contributed by atoms with E-state index in [1.165, 1.54) is 27.8 Å². The zero-order chi connectivity index (χ0) is 16.4. The molecule has 1 aliphatic heterocycles. The van der Waals surface area contributed by atoms with E-state index in [4.69, 9.17) is 0 Å². The number of sulfonamides is 1. The molecule has 122 valence electrons. The summed E-state index contributed by atoms with van der Waals surface area (Å²) >= 11 is 4.52. The van der Waals surface area contributed by atoms with Gasteiger partial charge in [-0.15, -0.1) is 11.3 Å². The molecule has 0 atom stereocenters. The maximum absolute atomic E-state index is 13.2. The second kappa shape index (κ2) is 6.84. The fraction of sp³-hybridized carbons (Fsp3) is 0.250. The van der Waals surface area contributed by atoms with Gasteiger partial charge in [0.25, 0.3) is 10.0 Å². The number of hydrogen-bond acceptors (Lipinski definition) is 3. The molecule has 0 unspecified atom stereocenters. The van der Waals surface area contributed by atoms with E-state index in [9.17, 15) is 12.8 Å². The van der Waals surface area contributed by atoms with Gasteiger partial charge in [0.1, 0.15) is 10.0 Å². The Balaban J connectivity index is 1.71.